The summed E-state index contributed by atoms with van der Waals surface area (Å²) in [6, 6.07) is 0. The van der Waals surface area contributed by atoms with Crippen molar-refractivity contribution < 1.29 is 45.0 Å². The lowest BCUT2D eigenvalue weighted by Gasteiger charge is -1.80. The van der Waals surface area contributed by atoms with Gasteiger partial charge in [0.1, 0.15) is 0 Å². The van der Waals surface area contributed by atoms with Crippen LogP contribution in [0.2, 0.25) is 0 Å². The number of hydrogen-bond acceptors (Lipinski definition) is 6. The average Bonchev–Trinajstić information content (AvgIpc) is 2.29. The normalized spacial score (nSPS) is 7.77. The molecule has 0 heterocycles. The van der Waals surface area contributed by atoms with Gasteiger partial charge in [-0.25, -0.2) is 14.4 Å². The molecule has 0 radical (unpaired) electrons. The van der Waals surface area contributed by atoms with Gasteiger partial charge in [0.25, 0.3) is 6.48 Å². The molecule has 0 aliphatic rings. The maximum Gasteiger partial charge on any atom is 0.330 e. The first-order chi connectivity index (χ1) is 9.66. The summed E-state index contributed by atoms with van der Waals surface area (Å²) >= 11 is 0. The molecule has 9 nitrogen and oxygen atoms in total. The molecule has 22 heavy (non-hydrogen) atoms. The highest BCUT2D eigenvalue weighted by molar-refractivity contribution is 5.85. The number of carboxylic acids is 3. The molecule has 0 aromatic rings. The van der Waals surface area contributed by atoms with Crippen LogP contribution in [0.15, 0.2) is 36.5 Å². The van der Waals surface area contributed by atoms with Crippen LogP contribution >= 0.6 is 0 Å². The highest BCUT2D eigenvalue weighted by Crippen LogP contribution is 1.82. The van der Waals surface area contributed by atoms with Crippen LogP contribution in [0.25, 0.3) is 0 Å². The van der Waals surface area contributed by atoms with Gasteiger partial charge in [0, 0.05) is 16.7 Å². The van der Waals surface area contributed by atoms with Crippen LogP contribution in [0, 0.1) is 0 Å². The predicted octanol–water partition coefficient (Wildman–Crippen LogP) is 0.188. The van der Waals surface area contributed by atoms with Crippen molar-refractivity contribution in [3.8, 4) is 0 Å². The first-order valence-corrected chi connectivity index (χ1v) is 5.37. The smallest absolute Gasteiger partial charge is 0.330 e. The van der Waals surface area contributed by atoms with Crippen molar-refractivity contribution in [3.05, 3.63) is 36.5 Å². The minimum atomic E-state index is -2.17. The van der Waals surface area contributed by atoms with E-state index in [1.807, 2.05) is 0 Å². The Morgan fingerprint density at radius 1 is 0.636 bits per heavy atom. The fraction of sp³-hybridized carbons (Fsp3) is 0.308. The molecule has 0 bridgehead atoms. The summed E-state index contributed by atoms with van der Waals surface area (Å²) in [6.07, 6.45) is 0. The third-order valence-electron chi connectivity index (χ3n) is 1.10. The zero-order chi connectivity index (χ0) is 19.0. The maximum absolute atomic E-state index is 9.60. The Balaban J connectivity index is -0.0000000994. The van der Waals surface area contributed by atoms with Gasteiger partial charge in [0.2, 0.25) is 0 Å². The van der Waals surface area contributed by atoms with Crippen LogP contribution in [0.3, 0.4) is 0 Å². The van der Waals surface area contributed by atoms with Crippen LogP contribution in [0.4, 0.5) is 0 Å². The molecular weight excluding hydrogens is 300 g/mol. The summed E-state index contributed by atoms with van der Waals surface area (Å²) < 4.78 is 0. The molecule has 0 fully saturated rings. The van der Waals surface area contributed by atoms with Gasteiger partial charge in [-0.1, -0.05) is 19.7 Å². The SMILES string of the molecule is C=C(C)C(=O)O.C=C(C)C(=O)O.C=C(C)C(=O)O.OC(O)O. The Labute approximate surface area is 127 Å². The van der Waals surface area contributed by atoms with Gasteiger partial charge in [-0.05, 0) is 20.8 Å². The van der Waals surface area contributed by atoms with Gasteiger partial charge in [-0.3, -0.25) is 0 Å². The molecule has 0 aromatic heterocycles. The van der Waals surface area contributed by atoms with Crippen LogP contribution < -0.4 is 0 Å². The number of aliphatic hydroxyl groups is 3. The lowest BCUT2D eigenvalue weighted by molar-refractivity contribution is -0.198. The average molecular weight is 322 g/mol. The van der Waals surface area contributed by atoms with Crippen molar-refractivity contribution in [2.24, 2.45) is 0 Å². The minimum absolute atomic E-state index is 0.176. The number of aliphatic carboxylic acids is 3. The first-order valence-electron chi connectivity index (χ1n) is 5.37. The number of carbonyl (C=O) groups is 3. The fourth-order valence-electron chi connectivity index (χ4n) is 0. The molecule has 0 saturated heterocycles. The van der Waals surface area contributed by atoms with Crippen LogP contribution in [-0.4, -0.2) is 55.0 Å². The zero-order valence-electron chi connectivity index (χ0n) is 12.6. The van der Waals surface area contributed by atoms with E-state index in [4.69, 9.17) is 30.6 Å². The Kier molecular flexibility index (Phi) is 20.9. The highest BCUT2D eigenvalue weighted by Gasteiger charge is 1.91. The lowest BCUT2D eigenvalue weighted by Crippen LogP contribution is -1.98. The van der Waals surface area contributed by atoms with Crippen molar-refractivity contribution in [3.63, 3.8) is 0 Å². The second-order valence-corrected chi connectivity index (χ2v) is 3.60. The van der Waals surface area contributed by atoms with E-state index < -0.39 is 24.4 Å². The van der Waals surface area contributed by atoms with Crippen LogP contribution in [-0.2, 0) is 14.4 Å². The van der Waals surface area contributed by atoms with Gasteiger partial charge in [-0.15, -0.1) is 0 Å². The van der Waals surface area contributed by atoms with E-state index in [1.165, 1.54) is 20.8 Å². The van der Waals surface area contributed by atoms with E-state index in [9.17, 15) is 14.4 Å². The third-order valence-corrected chi connectivity index (χ3v) is 1.10. The van der Waals surface area contributed by atoms with Gasteiger partial charge < -0.3 is 30.6 Å². The third kappa shape index (κ3) is 52.8. The predicted molar refractivity (Wildman–Crippen MR) is 77.8 cm³/mol. The Bertz CT molecular complexity index is 312. The molecule has 0 rings (SSSR count). The van der Waals surface area contributed by atoms with E-state index in [1.54, 1.807) is 0 Å². The van der Waals surface area contributed by atoms with E-state index >= 15 is 0 Å². The molecule has 6 N–H and O–H groups in total. The summed E-state index contributed by atoms with van der Waals surface area (Å²) in [5.74, 6) is -2.81. The van der Waals surface area contributed by atoms with E-state index in [2.05, 4.69) is 19.7 Å². The standard InChI is InChI=1S/3C4H6O2.CH4O3/c3*1-3(2)4(5)6;2-1(3)4/h3*1H2,2H3,(H,5,6);1-4H. The van der Waals surface area contributed by atoms with Crippen LogP contribution in [0.1, 0.15) is 20.8 Å². The topological polar surface area (TPSA) is 173 Å². The second-order valence-electron chi connectivity index (χ2n) is 3.60. The summed E-state index contributed by atoms with van der Waals surface area (Å²) in [6.45, 7) is 11.6. The van der Waals surface area contributed by atoms with Gasteiger partial charge in [0.15, 0.2) is 0 Å². The molecule has 128 valence electrons. The van der Waals surface area contributed by atoms with Crippen molar-refractivity contribution in [2.75, 3.05) is 0 Å². The molecule has 0 atom stereocenters. The molecule has 9 heteroatoms. The van der Waals surface area contributed by atoms with E-state index in [0.717, 1.165) is 0 Å². The van der Waals surface area contributed by atoms with Gasteiger partial charge in [-0.2, -0.15) is 0 Å². The second kappa shape index (κ2) is 16.6. The monoisotopic (exact) mass is 322 g/mol. The molecular formula is C13H22O9. The summed E-state index contributed by atoms with van der Waals surface area (Å²) in [7, 11) is 0. The van der Waals surface area contributed by atoms with Gasteiger partial charge in [0.05, 0.1) is 0 Å². The van der Waals surface area contributed by atoms with E-state index in [0.29, 0.717) is 0 Å². The Hall–Kier alpha value is -2.49. The van der Waals surface area contributed by atoms with Crippen molar-refractivity contribution in [1.82, 2.24) is 0 Å². The maximum atomic E-state index is 9.60. The minimum Gasteiger partial charge on any atom is -0.478 e. The van der Waals surface area contributed by atoms with Gasteiger partial charge >= 0.3 is 17.9 Å². The van der Waals surface area contributed by atoms with Crippen LogP contribution in [0.5, 0.6) is 0 Å². The molecule has 0 amide bonds. The number of aliphatic hydroxyl groups excluding tert-OH is 1. The Morgan fingerprint density at radius 3 is 0.682 bits per heavy atom. The molecule has 0 aliphatic carbocycles. The lowest BCUT2D eigenvalue weighted by atomic mass is 10.4. The Morgan fingerprint density at radius 2 is 0.682 bits per heavy atom. The largest absolute Gasteiger partial charge is 0.478 e. The molecule has 0 spiro atoms. The van der Waals surface area contributed by atoms with Crippen molar-refractivity contribution >= 4 is 17.9 Å². The molecule has 0 aliphatic heterocycles. The molecule has 0 aromatic carbocycles. The first kappa shape index (κ1) is 27.8. The molecule has 0 unspecified atom stereocenters. The fourth-order valence-corrected chi connectivity index (χ4v) is 0. The zero-order valence-corrected chi connectivity index (χ0v) is 12.6. The summed E-state index contributed by atoms with van der Waals surface area (Å²) in [5, 5.41) is 45.2. The number of rotatable bonds is 3. The quantitative estimate of drug-likeness (QED) is 0.313. The highest BCUT2D eigenvalue weighted by atomic mass is 16.6. The number of carboxylic acid groups (broad SMARTS) is 3. The van der Waals surface area contributed by atoms with Crippen molar-refractivity contribution in [1.29, 1.82) is 0 Å². The van der Waals surface area contributed by atoms with E-state index in [-0.39, 0.29) is 16.7 Å². The summed E-state index contributed by atoms with van der Waals surface area (Å²) in [5.41, 5.74) is 0.528. The van der Waals surface area contributed by atoms with Crippen molar-refractivity contribution in [2.45, 2.75) is 27.2 Å². The summed E-state index contributed by atoms with van der Waals surface area (Å²) in [4.78, 5) is 28.8. The number of hydrogen-bond donors (Lipinski definition) is 6. The molecule has 0 saturated carbocycles.